The zero-order chi connectivity index (χ0) is 21.1. The van der Waals surface area contributed by atoms with Crippen molar-refractivity contribution < 1.29 is 24.0 Å². The lowest BCUT2D eigenvalue weighted by molar-refractivity contribution is -0.645. The van der Waals surface area contributed by atoms with Crippen LogP contribution in [0.2, 0.25) is 0 Å². The number of furan rings is 1. The first-order chi connectivity index (χ1) is 14.1. The van der Waals surface area contributed by atoms with Gasteiger partial charge in [0.15, 0.2) is 18.0 Å². The van der Waals surface area contributed by atoms with Crippen LogP contribution in [0, 0.1) is 6.92 Å². The topological polar surface area (TPSA) is 68.5 Å². The second-order valence-electron chi connectivity index (χ2n) is 7.26. The number of unbranched alkanes of at least 4 members (excludes halogenated alkanes) is 2. The first-order valence-electron chi connectivity index (χ1n) is 10.4. The van der Waals surface area contributed by atoms with Crippen molar-refractivity contribution >= 4 is 5.91 Å². The normalized spacial score (nSPS) is 10.8. The van der Waals surface area contributed by atoms with Crippen LogP contribution in [0.5, 0.6) is 11.5 Å². The summed E-state index contributed by atoms with van der Waals surface area (Å²) >= 11 is 0. The predicted octanol–water partition coefficient (Wildman–Crippen LogP) is 2.93. The van der Waals surface area contributed by atoms with Crippen molar-refractivity contribution in [2.75, 3.05) is 33.9 Å². The fourth-order valence-electron chi connectivity index (χ4n) is 3.24. The molecule has 0 aliphatic heterocycles. The van der Waals surface area contributed by atoms with E-state index in [1.807, 2.05) is 42.2 Å². The minimum atomic E-state index is 0.135. The number of nitrogens with two attached hydrogens (primary N) is 1. The van der Waals surface area contributed by atoms with Gasteiger partial charge in [0.05, 0.1) is 27.3 Å². The number of amides is 1. The molecule has 1 heterocycles. The zero-order valence-electron chi connectivity index (χ0n) is 18.2. The quantitative estimate of drug-likeness (QED) is 0.522. The van der Waals surface area contributed by atoms with Crippen molar-refractivity contribution in [3.63, 3.8) is 0 Å². The highest BCUT2D eigenvalue weighted by atomic mass is 16.5. The van der Waals surface area contributed by atoms with Crippen LogP contribution in [0.15, 0.2) is 34.7 Å². The lowest BCUT2D eigenvalue weighted by Crippen LogP contribution is -2.86. The molecule has 29 heavy (non-hydrogen) atoms. The lowest BCUT2D eigenvalue weighted by Gasteiger charge is -2.21. The maximum atomic E-state index is 12.8. The van der Waals surface area contributed by atoms with Crippen molar-refractivity contribution in [1.82, 2.24) is 4.90 Å². The number of methoxy groups -OCH3 is 2. The number of benzene rings is 1. The third-order valence-electron chi connectivity index (χ3n) is 4.94. The third-order valence-corrected chi connectivity index (χ3v) is 4.94. The number of carbonyl (C=O) groups is 1. The van der Waals surface area contributed by atoms with Crippen LogP contribution in [0.4, 0.5) is 0 Å². The van der Waals surface area contributed by atoms with E-state index in [-0.39, 0.29) is 5.91 Å². The molecule has 0 bridgehead atoms. The molecule has 0 atom stereocenters. The highest BCUT2D eigenvalue weighted by Gasteiger charge is 2.17. The number of quaternary nitrogens is 1. The number of ether oxygens (including phenoxy) is 2. The summed E-state index contributed by atoms with van der Waals surface area (Å²) in [7, 11) is 3.26. The minimum Gasteiger partial charge on any atom is -0.493 e. The number of aryl methyl sites for hydroxylation is 1. The summed E-state index contributed by atoms with van der Waals surface area (Å²) in [6.07, 6.45) is 4.28. The van der Waals surface area contributed by atoms with Gasteiger partial charge >= 0.3 is 0 Å². The van der Waals surface area contributed by atoms with Crippen molar-refractivity contribution in [3.05, 3.63) is 47.4 Å². The second-order valence-corrected chi connectivity index (χ2v) is 7.26. The summed E-state index contributed by atoms with van der Waals surface area (Å²) in [4.78, 5) is 14.7. The molecule has 0 aliphatic rings. The monoisotopic (exact) mass is 403 g/mol. The van der Waals surface area contributed by atoms with Gasteiger partial charge in [0, 0.05) is 6.54 Å². The largest absolute Gasteiger partial charge is 0.493 e. The third kappa shape index (κ3) is 7.46. The summed E-state index contributed by atoms with van der Waals surface area (Å²) < 4.78 is 16.4. The van der Waals surface area contributed by atoms with Gasteiger partial charge in [-0.1, -0.05) is 19.4 Å². The molecule has 0 spiro atoms. The van der Waals surface area contributed by atoms with Crippen LogP contribution in [0.1, 0.15) is 43.3 Å². The summed E-state index contributed by atoms with van der Waals surface area (Å²) in [5.41, 5.74) is 1.10. The first-order valence-corrected chi connectivity index (χ1v) is 10.4. The van der Waals surface area contributed by atoms with E-state index in [2.05, 4.69) is 12.2 Å². The van der Waals surface area contributed by atoms with Gasteiger partial charge in [-0.2, -0.15) is 0 Å². The first kappa shape index (κ1) is 22.8. The lowest BCUT2D eigenvalue weighted by atomic mass is 10.1. The average molecular weight is 404 g/mol. The van der Waals surface area contributed by atoms with Gasteiger partial charge in [0.2, 0.25) is 0 Å². The van der Waals surface area contributed by atoms with Crippen LogP contribution in [0.3, 0.4) is 0 Å². The van der Waals surface area contributed by atoms with E-state index in [0.29, 0.717) is 31.1 Å². The van der Waals surface area contributed by atoms with E-state index in [9.17, 15) is 4.79 Å². The molecule has 1 aromatic carbocycles. The van der Waals surface area contributed by atoms with E-state index in [0.717, 1.165) is 36.5 Å². The Balaban J connectivity index is 1.99. The molecule has 0 aliphatic carbocycles. The number of hydrogen-bond donors (Lipinski definition) is 1. The maximum Gasteiger partial charge on any atom is 0.278 e. The minimum absolute atomic E-state index is 0.135. The molecule has 160 valence electrons. The van der Waals surface area contributed by atoms with Crippen LogP contribution in [-0.2, 0) is 17.8 Å². The van der Waals surface area contributed by atoms with Crippen LogP contribution in [0.25, 0.3) is 0 Å². The van der Waals surface area contributed by atoms with E-state index in [4.69, 9.17) is 13.9 Å². The Hall–Kier alpha value is -2.47. The smallest absolute Gasteiger partial charge is 0.278 e. The van der Waals surface area contributed by atoms with Gasteiger partial charge in [-0.05, 0) is 56.0 Å². The highest BCUT2D eigenvalue weighted by molar-refractivity contribution is 5.77. The molecule has 2 N–H and O–H groups in total. The molecule has 6 nitrogen and oxygen atoms in total. The van der Waals surface area contributed by atoms with Gasteiger partial charge < -0.3 is 24.1 Å². The molecule has 2 aromatic rings. The zero-order valence-corrected chi connectivity index (χ0v) is 18.2. The Morgan fingerprint density at radius 3 is 2.55 bits per heavy atom. The predicted molar refractivity (Wildman–Crippen MR) is 113 cm³/mol. The summed E-state index contributed by atoms with van der Waals surface area (Å²) in [5, 5.41) is 2.11. The van der Waals surface area contributed by atoms with Crippen LogP contribution >= 0.6 is 0 Å². The van der Waals surface area contributed by atoms with Crippen LogP contribution in [-0.4, -0.2) is 44.7 Å². The Morgan fingerprint density at radius 1 is 1.10 bits per heavy atom. The number of hydrogen-bond acceptors (Lipinski definition) is 4. The van der Waals surface area contributed by atoms with E-state index >= 15 is 0 Å². The Kier molecular flexibility index (Phi) is 9.57. The molecule has 6 heteroatoms. The molecule has 0 unspecified atom stereocenters. The standard InChI is InChI=1S/C23H34N2O4/c1-5-6-7-13-24-16-23(26)25(17-20-10-8-18(2)29-20)14-12-19-9-11-21(27-3)22(15-19)28-4/h8-11,15,24H,5-7,12-14,16-17H2,1-4H3/p+1. The number of carbonyl (C=O) groups excluding carboxylic acids is 1. The van der Waals surface area contributed by atoms with E-state index in [1.165, 1.54) is 12.8 Å². The number of nitrogens with zero attached hydrogens (tertiary/aromatic N) is 1. The SMILES string of the molecule is CCCCC[NH2+]CC(=O)N(CCc1ccc(OC)c(OC)c1)Cc1ccc(C)o1. The average Bonchev–Trinajstić information content (AvgIpc) is 3.15. The molecule has 0 fully saturated rings. The molecule has 0 saturated carbocycles. The van der Waals surface area contributed by atoms with Gasteiger partial charge in [0.25, 0.3) is 5.91 Å². The van der Waals surface area contributed by atoms with Crippen molar-refractivity contribution in [3.8, 4) is 11.5 Å². The Labute approximate surface area is 174 Å². The fraction of sp³-hybridized carbons (Fsp3) is 0.522. The molecule has 1 aromatic heterocycles. The Morgan fingerprint density at radius 2 is 1.90 bits per heavy atom. The Bertz CT molecular complexity index is 757. The van der Waals surface area contributed by atoms with Crippen molar-refractivity contribution in [2.45, 2.75) is 46.1 Å². The van der Waals surface area contributed by atoms with E-state index < -0.39 is 0 Å². The summed E-state index contributed by atoms with van der Waals surface area (Å²) in [5.74, 6) is 3.22. The molecular formula is C23H35N2O4+. The second kappa shape index (κ2) is 12.2. The fourth-order valence-corrected chi connectivity index (χ4v) is 3.24. The van der Waals surface area contributed by atoms with Crippen LogP contribution < -0.4 is 14.8 Å². The number of rotatable bonds is 13. The summed E-state index contributed by atoms with van der Waals surface area (Å²) in [6.45, 7) is 6.67. The van der Waals surface area contributed by atoms with Crippen molar-refractivity contribution in [1.29, 1.82) is 0 Å². The van der Waals surface area contributed by atoms with Gasteiger partial charge in [-0.15, -0.1) is 0 Å². The van der Waals surface area contributed by atoms with Crippen molar-refractivity contribution in [2.24, 2.45) is 0 Å². The van der Waals surface area contributed by atoms with Gasteiger partial charge in [-0.25, -0.2) is 0 Å². The molecule has 1 amide bonds. The highest BCUT2D eigenvalue weighted by Crippen LogP contribution is 2.27. The molecule has 0 saturated heterocycles. The molecule has 0 radical (unpaired) electrons. The molecule has 2 rings (SSSR count). The van der Waals surface area contributed by atoms with Gasteiger partial charge in [0.1, 0.15) is 11.5 Å². The van der Waals surface area contributed by atoms with Gasteiger partial charge in [-0.3, -0.25) is 4.79 Å². The summed E-state index contributed by atoms with van der Waals surface area (Å²) in [6, 6.07) is 9.76. The van der Waals surface area contributed by atoms with E-state index in [1.54, 1.807) is 14.2 Å². The molecular weight excluding hydrogens is 368 g/mol. The maximum absolute atomic E-state index is 12.8.